The van der Waals surface area contributed by atoms with Crippen LogP contribution in [0.15, 0.2) is 54.8 Å². The normalized spacial score (nSPS) is 20.7. The molecule has 1 heterocycles. The van der Waals surface area contributed by atoms with E-state index in [2.05, 4.69) is 11.4 Å². The first-order valence-corrected chi connectivity index (χ1v) is 7.52. The van der Waals surface area contributed by atoms with Gasteiger partial charge in [-0.25, -0.2) is 0 Å². The number of hydrogen-bond acceptors (Lipinski definition) is 4. The molecule has 1 aromatic carbocycles. The first-order valence-electron chi connectivity index (χ1n) is 7.52. The second-order valence-corrected chi connectivity index (χ2v) is 5.39. The van der Waals surface area contributed by atoms with E-state index in [9.17, 15) is 5.26 Å². The number of allylic oxidation sites excluding steroid dienone is 2. The minimum absolute atomic E-state index is 0.0385. The van der Waals surface area contributed by atoms with Gasteiger partial charge in [-0.1, -0.05) is 43.3 Å². The summed E-state index contributed by atoms with van der Waals surface area (Å²) in [6.45, 7) is 4.65. The maximum atomic E-state index is 9.40. The van der Waals surface area contributed by atoms with Crippen LogP contribution >= 0.6 is 0 Å². The highest BCUT2D eigenvalue weighted by Gasteiger charge is 2.25. The number of hydrogen-bond donors (Lipinski definition) is 1. The fourth-order valence-corrected chi connectivity index (χ4v) is 2.23. The molecule has 2 unspecified atom stereocenters. The molecule has 0 radical (unpaired) electrons. The van der Waals surface area contributed by atoms with Crippen LogP contribution in [0.5, 0.6) is 0 Å². The third-order valence-electron chi connectivity index (χ3n) is 3.79. The van der Waals surface area contributed by atoms with Crippen LogP contribution in [0.1, 0.15) is 19.4 Å². The molecule has 0 spiro atoms. The summed E-state index contributed by atoms with van der Waals surface area (Å²) < 4.78 is 11.2. The van der Waals surface area contributed by atoms with Gasteiger partial charge in [0.15, 0.2) is 0 Å². The van der Waals surface area contributed by atoms with Crippen LogP contribution in [0, 0.1) is 17.2 Å². The lowest BCUT2D eigenvalue weighted by Gasteiger charge is -2.28. The maximum Gasteiger partial charge on any atom is 0.219 e. The van der Waals surface area contributed by atoms with Crippen molar-refractivity contribution >= 4 is 0 Å². The molecule has 4 nitrogen and oxygen atoms in total. The lowest BCUT2D eigenvalue weighted by molar-refractivity contribution is -0.123. The van der Waals surface area contributed by atoms with Crippen molar-refractivity contribution in [2.75, 3.05) is 0 Å². The molecule has 0 saturated heterocycles. The van der Waals surface area contributed by atoms with Crippen LogP contribution < -0.4 is 5.32 Å². The molecule has 116 valence electrons. The minimum Gasteiger partial charge on any atom is -0.469 e. The predicted octanol–water partition coefficient (Wildman–Crippen LogP) is 3.14. The highest BCUT2D eigenvalue weighted by atomic mass is 16.7. The second-order valence-electron chi connectivity index (χ2n) is 5.39. The molecule has 22 heavy (non-hydrogen) atoms. The summed E-state index contributed by atoms with van der Waals surface area (Å²) in [6.07, 6.45) is 6.68. The number of rotatable bonds is 7. The van der Waals surface area contributed by atoms with Gasteiger partial charge in [-0.2, -0.15) is 5.26 Å². The molecule has 0 bridgehead atoms. The van der Waals surface area contributed by atoms with Crippen LogP contribution in [0.3, 0.4) is 0 Å². The lowest BCUT2D eigenvalue weighted by Crippen LogP contribution is -2.40. The molecule has 0 fully saturated rings. The predicted molar refractivity (Wildman–Crippen MR) is 85.5 cm³/mol. The molecular weight excluding hydrogens is 276 g/mol. The van der Waals surface area contributed by atoms with Gasteiger partial charge >= 0.3 is 0 Å². The van der Waals surface area contributed by atoms with Gasteiger partial charge in [-0.15, -0.1) is 0 Å². The van der Waals surface area contributed by atoms with Gasteiger partial charge < -0.3 is 9.47 Å². The zero-order valence-corrected chi connectivity index (χ0v) is 13.0. The van der Waals surface area contributed by atoms with Crippen LogP contribution in [0.4, 0.5) is 0 Å². The van der Waals surface area contributed by atoms with Crippen molar-refractivity contribution in [1.82, 2.24) is 5.32 Å². The van der Waals surface area contributed by atoms with Crippen molar-refractivity contribution in [2.45, 2.75) is 38.8 Å². The van der Waals surface area contributed by atoms with E-state index in [1.807, 2.05) is 62.4 Å². The maximum absolute atomic E-state index is 9.40. The Labute approximate surface area is 132 Å². The van der Waals surface area contributed by atoms with Crippen molar-refractivity contribution in [3.05, 3.63) is 60.4 Å². The van der Waals surface area contributed by atoms with Crippen LogP contribution in [-0.2, 0) is 16.0 Å². The summed E-state index contributed by atoms with van der Waals surface area (Å²) in [6, 6.07) is 12.1. The van der Waals surface area contributed by atoms with E-state index in [4.69, 9.17) is 9.47 Å². The second kappa shape index (κ2) is 8.38. The van der Waals surface area contributed by atoms with E-state index in [1.165, 1.54) is 0 Å². The van der Waals surface area contributed by atoms with Gasteiger partial charge in [-0.05, 0) is 24.6 Å². The van der Waals surface area contributed by atoms with E-state index in [0.717, 1.165) is 5.56 Å². The topological polar surface area (TPSA) is 54.3 Å². The number of ether oxygens (including phenoxy) is 2. The summed E-state index contributed by atoms with van der Waals surface area (Å²) in [4.78, 5) is 0. The largest absolute Gasteiger partial charge is 0.469 e. The molecule has 4 atom stereocenters. The van der Waals surface area contributed by atoms with E-state index in [1.54, 1.807) is 6.26 Å². The third kappa shape index (κ3) is 4.73. The zero-order chi connectivity index (χ0) is 15.8. The molecule has 1 aromatic rings. The Morgan fingerprint density at radius 2 is 2.05 bits per heavy atom. The quantitative estimate of drug-likeness (QED) is 0.840. The molecule has 1 N–H and O–H groups in total. The number of benzene rings is 1. The van der Waals surface area contributed by atoms with Gasteiger partial charge in [0.25, 0.3) is 0 Å². The Bertz CT molecular complexity index is 548. The Morgan fingerprint density at radius 3 is 2.68 bits per heavy atom. The summed E-state index contributed by atoms with van der Waals surface area (Å²) in [7, 11) is 0. The van der Waals surface area contributed by atoms with Gasteiger partial charge in [0.05, 0.1) is 18.4 Å². The van der Waals surface area contributed by atoms with E-state index < -0.39 is 0 Å². The average Bonchev–Trinajstić information content (AvgIpc) is 2.57. The van der Waals surface area contributed by atoms with Gasteiger partial charge in [0.2, 0.25) is 6.29 Å². The number of nitrogens with zero attached hydrogens (tertiary/aromatic N) is 1. The fourth-order valence-electron chi connectivity index (χ4n) is 2.23. The smallest absolute Gasteiger partial charge is 0.219 e. The molecular formula is C18H22N2O2. The summed E-state index contributed by atoms with van der Waals surface area (Å²) >= 11 is 0. The molecule has 0 aromatic heterocycles. The Morgan fingerprint density at radius 1 is 1.27 bits per heavy atom. The molecule has 2 rings (SSSR count). The Balaban J connectivity index is 1.85. The van der Waals surface area contributed by atoms with Crippen molar-refractivity contribution in [1.29, 1.82) is 5.26 Å². The average molecular weight is 298 g/mol. The van der Waals surface area contributed by atoms with Crippen molar-refractivity contribution < 1.29 is 9.47 Å². The lowest BCUT2D eigenvalue weighted by atomic mass is 9.97. The molecule has 0 aliphatic carbocycles. The first-order chi connectivity index (χ1) is 10.7. The fraction of sp³-hybridized carbons (Fsp3) is 0.389. The third-order valence-corrected chi connectivity index (χ3v) is 3.79. The summed E-state index contributed by atoms with van der Waals surface area (Å²) in [5.41, 5.74) is 1.16. The van der Waals surface area contributed by atoms with Crippen LogP contribution in [0.2, 0.25) is 0 Å². The number of nitrogens with one attached hydrogen (secondary N) is 1. The van der Waals surface area contributed by atoms with Gasteiger partial charge in [0.1, 0.15) is 6.04 Å². The van der Waals surface area contributed by atoms with Crippen molar-refractivity contribution in [2.24, 2.45) is 5.92 Å². The van der Waals surface area contributed by atoms with E-state index in [0.29, 0.717) is 6.54 Å². The van der Waals surface area contributed by atoms with Gasteiger partial charge in [-0.3, -0.25) is 5.32 Å². The molecule has 1 aliphatic rings. The van der Waals surface area contributed by atoms with Crippen molar-refractivity contribution in [3.8, 4) is 6.07 Å². The summed E-state index contributed by atoms with van der Waals surface area (Å²) in [5.74, 6) is 0.0385. The van der Waals surface area contributed by atoms with Gasteiger partial charge in [0, 0.05) is 12.5 Å². The van der Waals surface area contributed by atoms with E-state index >= 15 is 0 Å². The Hall–Kier alpha value is -2.09. The first kappa shape index (κ1) is 16.3. The van der Waals surface area contributed by atoms with Crippen LogP contribution in [-0.4, -0.2) is 18.4 Å². The Kier molecular flexibility index (Phi) is 6.20. The molecule has 0 amide bonds. The van der Waals surface area contributed by atoms with E-state index in [-0.39, 0.29) is 24.4 Å². The molecule has 1 aliphatic heterocycles. The number of nitriles is 1. The highest BCUT2D eigenvalue weighted by Crippen LogP contribution is 2.16. The standard InChI is InChI=1S/C18H22N2O2/c1-14(15(2)22-18-10-6-7-11-21-18)17(12-19)20-13-16-8-4-3-5-9-16/h3-11,14-15,17-18,20H,13H2,1-2H3/t14?,15?,17-,18+/m0/s1. The SMILES string of the molecule is CC(O[C@@H]1C=CC=CO1)C(C)[C@H](C#N)NCc1ccccc1. The van der Waals surface area contributed by atoms with Crippen LogP contribution in [0.25, 0.3) is 0 Å². The summed E-state index contributed by atoms with van der Waals surface area (Å²) in [5, 5.41) is 12.7. The highest BCUT2D eigenvalue weighted by molar-refractivity contribution is 5.15. The van der Waals surface area contributed by atoms with Crippen molar-refractivity contribution in [3.63, 3.8) is 0 Å². The molecule has 0 saturated carbocycles. The molecule has 4 heteroatoms. The minimum atomic E-state index is -0.379. The monoisotopic (exact) mass is 298 g/mol. The zero-order valence-electron chi connectivity index (χ0n) is 13.0.